The average molecular weight is 298 g/mol. The second-order valence-corrected chi connectivity index (χ2v) is 7.51. The molecule has 1 heterocycles. The summed E-state index contributed by atoms with van der Waals surface area (Å²) in [7, 11) is 1.81. The second-order valence-electron chi connectivity index (χ2n) is 6.51. The first-order chi connectivity index (χ1) is 9.03. The predicted molar refractivity (Wildman–Crippen MR) is 86.3 cm³/mol. The van der Waals surface area contributed by atoms with Crippen molar-refractivity contribution in [1.29, 1.82) is 0 Å². The van der Waals surface area contributed by atoms with E-state index in [1.54, 1.807) is 4.90 Å². The Kier molecular flexibility index (Phi) is 5.02. The molecule has 3 N–H and O–H groups in total. The Morgan fingerprint density at radius 1 is 1.35 bits per heavy atom. The quantitative estimate of drug-likeness (QED) is 0.896. The van der Waals surface area contributed by atoms with E-state index in [-0.39, 0.29) is 17.5 Å². The number of hydrogen-bond donors (Lipinski definition) is 2. The van der Waals surface area contributed by atoms with Gasteiger partial charge in [-0.3, -0.25) is 4.79 Å². The molecule has 0 saturated carbocycles. The molecule has 0 saturated heterocycles. The summed E-state index contributed by atoms with van der Waals surface area (Å²) >= 11 is 1.31. The van der Waals surface area contributed by atoms with Crippen molar-refractivity contribution >= 4 is 28.2 Å². The number of nitrogens with two attached hydrogens (primary N) is 1. The highest BCUT2D eigenvalue weighted by atomic mass is 32.1. The van der Waals surface area contributed by atoms with Crippen LogP contribution in [-0.4, -0.2) is 34.4 Å². The number of carbonyl (C=O) groups excluding carboxylic acids is 1. The van der Waals surface area contributed by atoms with Crippen molar-refractivity contribution in [2.24, 2.45) is 5.92 Å². The van der Waals surface area contributed by atoms with Gasteiger partial charge in [0, 0.05) is 18.6 Å². The molecule has 1 amide bonds. The van der Waals surface area contributed by atoms with Crippen LogP contribution < -0.4 is 11.1 Å². The number of anilines is 2. The first kappa shape index (κ1) is 16.8. The molecule has 1 atom stereocenters. The van der Waals surface area contributed by atoms with Gasteiger partial charge in [0.05, 0.1) is 0 Å². The lowest BCUT2D eigenvalue weighted by Gasteiger charge is -2.27. The van der Waals surface area contributed by atoms with Gasteiger partial charge < -0.3 is 16.0 Å². The number of thiazole rings is 1. The van der Waals surface area contributed by atoms with E-state index in [0.29, 0.717) is 21.7 Å². The fourth-order valence-electron chi connectivity index (χ4n) is 1.65. The van der Waals surface area contributed by atoms with Crippen LogP contribution in [0.2, 0.25) is 0 Å². The second kappa shape index (κ2) is 5.99. The zero-order valence-corrected chi connectivity index (χ0v) is 14.3. The van der Waals surface area contributed by atoms with Crippen molar-refractivity contribution in [3.8, 4) is 0 Å². The number of nitrogens with one attached hydrogen (secondary N) is 1. The number of aromatic nitrogens is 1. The molecule has 6 heteroatoms. The predicted octanol–water partition coefficient (Wildman–Crippen LogP) is 3.05. The first-order valence-electron chi connectivity index (χ1n) is 6.84. The lowest BCUT2D eigenvalue weighted by molar-refractivity contribution is 0.0713. The molecule has 20 heavy (non-hydrogen) atoms. The van der Waals surface area contributed by atoms with E-state index >= 15 is 0 Å². The third-order valence-electron chi connectivity index (χ3n) is 3.23. The summed E-state index contributed by atoms with van der Waals surface area (Å²) in [5.41, 5.74) is 5.78. The van der Waals surface area contributed by atoms with Crippen molar-refractivity contribution in [1.82, 2.24) is 9.88 Å². The van der Waals surface area contributed by atoms with Crippen LogP contribution in [0.1, 0.15) is 51.2 Å². The maximum atomic E-state index is 12.5. The fraction of sp³-hybridized carbons (Fsp3) is 0.714. The number of amides is 1. The molecule has 1 unspecified atom stereocenters. The Hall–Kier alpha value is -1.30. The molecule has 0 aliphatic carbocycles. The lowest BCUT2D eigenvalue weighted by Crippen LogP contribution is -2.38. The number of nitrogen functional groups attached to an aromatic ring is 1. The first-order valence-corrected chi connectivity index (χ1v) is 7.66. The topological polar surface area (TPSA) is 71.2 Å². The van der Waals surface area contributed by atoms with Gasteiger partial charge in [-0.1, -0.05) is 25.2 Å². The Labute approximate surface area is 125 Å². The van der Waals surface area contributed by atoms with Crippen molar-refractivity contribution in [2.45, 2.75) is 53.1 Å². The van der Waals surface area contributed by atoms with Gasteiger partial charge in [-0.2, -0.15) is 0 Å². The molecule has 0 fully saturated rings. The molecule has 0 aromatic carbocycles. The summed E-state index contributed by atoms with van der Waals surface area (Å²) in [5.74, 6) is 0.628. The summed E-state index contributed by atoms with van der Waals surface area (Å²) in [4.78, 5) is 19.0. The SMILES string of the molecule is CC(C)C(C)N(C)C(=O)c1sc(NC(C)(C)C)nc1N. The maximum absolute atomic E-state index is 12.5. The van der Waals surface area contributed by atoms with Gasteiger partial charge in [-0.05, 0) is 33.6 Å². The lowest BCUT2D eigenvalue weighted by atomic mass is 10.1. The van der Waals surface area contributed by atoms with Crippen LogP contribution in [-0.2, 0) is 0 Å². The number of hydrogen-bond acceptors (Lipinski definition) is 5. The molecule has 0 radical (unpaired) electrons. The van der Waals surface area contributed by atoms with Crippen molar-refractivity contribution in [3.63, 3.8) is 0 Å². The summed E-state index contributed by atoms with van der Waals surface area (Å²) in [5, 5.41) is 3.93. The van der Waals surface area contributed by atoms with Crippen LogP contribution in [0.25, 0.3) is 0 Å². The number of carbonyl (C=O) groups is 1. The van der Waals surface area contributed by atoms with E-state index in [0.717, 1.165) is 0 Å². The summed E-state index contributed by atoms with van der Waals surface area (Å²) in [6.45, 7) is 12.3. The molecule has 0 bridgehead atoms. The Balaban J connectivity index is 2.94. The third-order valence-corrected chi connectivity index (χ3v) is 4.20. The van der Waals surface area contributed by atoms with E-state index < -0.39 is 0 Å². The van der Waals surface area contributed by atoms with E-state index in [1.165, 1.54) is 11.3 Å². The summed E-state index contributed by atoms with van der Waals surface area (Å²) in [6.07, 6.45) is 0. The molecular weight excluding hydrogens is 272 g/mol. The van der Waals surface area contributed by atoms with Gasteiger partial charge in [-0.25, -0.2) is 4.98 Å². The van der Waals surface area contributed by atoms with Crippen molar-refractivity contribution in [2.75, 3.05) is 18.1 Å². The van der Waals surface area contributed by atoms with Crippen LogP contribution >= 0.6 is 11.3 Å². The van der Waals surface area contributed by atoms with Crippen LogP contribution in [0.15, 0.2) is 0 Å². The van der Waals surface area contributed by atoms with Gasteiger partial charge in [0.1, 0.15) is 10.7 Å². The molecule has 0 spiro atoms. The Morgan fingerprint density at radius 3 is 2.35 bits per heavy atom. The van der Waals surface area contributed by atoms with Crippen molar-refractivity contribution < 1.29 is 4.79 Å². The highest BCUT2D eigenvalue weighted by Crippen LogP contribution is 2.29. The van der Waals surface area contributed by atoms with Crippen LogP contribution in [0, 0.1) is 5.92 Å². The highest BCUT2D eigenvalue weighted by molar-refractivity contribution is 7.18. The van der Waals surface area contributed by atoms with Gasteiger partial charge >= 0.3 is 0 Å². The van der Waals surface area contributed by atoms with E-state index in [1.807, 2.05) is 34.7 Å². The molecule has 1 aromatic rings. The summed E-state index contributed by atoms with van der Waals surface area (Å²) in [6, 6.07) is 0.156. The van der Waals surface area contributed by atoms with Gasteiger partial charge in [0.2, 0.25) is 0 Å². The van der Waals surface area contributed by atoms with Gasteiger partial charge in [0.25, 0.3) is 5.91 Å². The van der Waals surface area contributed by atoms with E-state index in [4.69, 9.17) is 5.73 Å². The van der Waals surface area contributed by atoms with Crippen LogP contribution in [0.3, 0.4) is 0 Å². The number of rotatable bonds is 4. The standard InChI is InChI=1S/C14H26N4OS/c1-8(2)9(3)18(7)12(19)10-11(15)16-13(20-10)17-14(4,5)6/h8-9H,15H2,1-7H3,(H,16,17). The largest absolute Gasteiger partial charge is 0.382 e. The van der Waals surface area contributed by atoms with Crippen LogP contribution in [0.4, 0.5) is 10.9 Å². The van der Waals surface area contributed by atoms with Crippen LogP contribution in [0.5, 0.6) is 0 Å². The molecule has 0 aliphatic rings. The molecule has 1 rings (SSSR count). The van der Waals surface area contributed by atoms with E-state index in [2.05, 4.69) is 24.1 Å². The molecule has 0 aliphatic heterocycles. The summed E-state index contributed by atoms with van der Waals surface area (Å²) < 4.78 is 0. The average Bonchev–Trinajstić information content (AvgIpc) is 2.64. The zero-order valence-electron chi connectivity index (χ0n) is 13.4. The smallest absolute Gasteiger partial charge is 0.267 e. The monoisotopic (exact) mass is 298 g/mol. The Morgan fingerprint density at radius 2 is 1.90 bits per heavy atom. The number of nitrogens with zero attached hydrogens (tertiary/aromatic N) is 2. The van der Waals surface area contributed by atoms with Gasteiger partial charge in [-0.15, -0.1) is 0 Å². The third kappa shape index (κ3) is 4.10. The minimum atomic E-state index is -0.109. The van der Waals surface area contributed by atoms with Crippen molar-refractivity contribution in [3.05, 3.63) is 4.88 Å². The molecule has 1 aromatic heterocycles. The van der Waals surface area contributed by atoms with E-state index in [9.17, 15) is 4.79 Å². The van der Waals surface area contributed by atoms with Gasteiger partial charge in [0.15, 0.2) is 5.13 Å². The minimum absolute atomic E-state index is 0.0665. The zero-order chi connectivity index (χ0) is 15.7. The molecular formula is C14H26N4OS. The minimum Gasteiger partial charge on any atom is -0.382 e. The normalized spacial score (nSPS) is 13.4. The fourth-order valence-corrected chi connectivity index (χ4v) is 2.73. The highest BCUT2D eigenvalue weighted by Gasteiger charge is 2.25. The molecule has 114 valence electrons. The molecule has 5 nitrogen and oxygen atoms in total. The maximum Gasteiger partial charge on any atom is 0.267 e. The Bertz CT molecular complexity index is 476.